The van der Waals surface area contributed by atoms with Crippen LogP contribution in [0.1, 0.15) is 38.3 Å². The molecule has 1 unspecified atom stereocenters. The van der Waals surface area contributed by atoms with Crippen molar-refractivity contribution in [1.29, 1.82) is 0 Å². The van der Waals surface area contributed by atoms with Crippen LogP contribution < -0.4 is 5.73 Å². The summed E-state index contributed by atoms with van der Waals surface area (Å²) in [6, 6.07) is 8.82. The van der Waals surface area contributed by atoms with Crippen molar-refractivity contribution in [3.05, 3.63) is 34.9 Å². The number of hydrogen-bond donors (Lipinski definition) is 1. The van der Waals surface area contributed by atoms with Gasteiger partial charge in [0.15, 0.2) is 0 Å². The molecule has 1 rings (SSSR count). The van der Waals surface area contributed by atoms with E-state index in [1.807, 2.05) is 18.2 Å². The lowest BCUT2D eigenvalue weighted by molar-refractivity contribution is 0.168. The molecule has 0 aliphatic carbocycles. The van der Waals surface area contributed by atoms with Crippen molar-refractivity contribution in [1.82, 2.24) is 4.90 Å². The maximum Gasteiger partial charge on any atom is 0.0470 e. The lowest BCUT2D eigenvalue weighted by Gasteiger charge is -2.34. The Kier molecular flexibility index (Phi) is 5.96. The predicted molar refractivity (Wildman–Crippen MR) is 75.4 cm³/mol. The van der Waals surface area contributed by atoms with Gasteiger partial charge in [0, 0.05) is 23.7 Å². The Balaban J connectivity index is 2.90. The molecular formula is C14H23ClN2. The van der Waals surface area contributed by atoms with Gasteiger partial charge in [-0.3, -0.25) is 4.90 Å². The van der Waals surface area contributed by atoms with E-state index in [0.717, 1.165) is 17.9 Å². The molecule has 1 aromatic carbocycles. The van der Waals surface area contributed by atoms with Gasteiger partial charge in [-0.1, -0.05) is 37.6 Å². The molecule has 1 aromatic rings. The van der Waals surface area contributed by atoms with Crippen LogP contribution in [0.4, 0.5) is 0 Å². The summed E-state index contributed by atoms with van der Waals surface area (Å²) in [4.78, 5) is 2.37. The van der Waals surface area contributed by atoms with E-state index in [1.54, 1.807) is 0 Å². The number of likely N-dealkylation sites (N-methyl/N-ethyl adjacent to an activating group) is 1. The lowest BCUT2D eigenvalue weighted by atomic mass is 10.0. The zero-order chi connectivity index (χ0) is 12.8. The highest BCUT2D eigenvalue weighted by Gasteiger charge is 2.20. The van der Waals surface area contributed by atoms with Crippen LogP contribution in [0.15, 0.2) is 24.3 Å². The van der Waals surface area contributed by atoms with E-state index in [1.165, 1.54) is 5.56 Å². The van der Waals surface area contributed by atoms with Crippen molar-refractivity contribution in [3.63, 3.8) is 0 Å². The molecule has 0 aromatic heterocycles. The number of halogens is 1. The van der Waals surface area contributed by atoms with Gasteiger partial charge >= 0.3 is 0 Å². The minimum absolute atomic E-state index is 0.249. The summed E-state index contributed by atoms with van der Waals surface area (Å²) >= 11 is 6.04. The fourth-order valence-corrected chi connectivity index (χ4v) is 2.57. The van der Waals surface area contributed by atoms with Gasteiger partial charge in [0.05, 0.1) is 0 Å². The molecule has 0 aliphatic rings. The second kappa shape index (κ2) is 7.00. The minimum Gasteiger partial charge on any atom is -0.329 e. The van der Waals surface area contributed by atoms with Crippen LogP contribution in [-0.4, -0.2) is 24.5 Å². The van der Waals surface area contributed by atoms with E-state index in [0.29, 0.717) is 12.6 Å². The number of benzene rings is 1. The van der Waals surface area contributed by atoms with Gasteiger partial charge in [0.1, 0.15) is 0 Å². The van der Waals surface area contributed by atoms with Crippen molar-refractivity contribution < 1.29 is 0 Å². The first-order chi connectivity index (χ1) is 8.13. The molecular weight excluding hydrogens is 232 g/mol. The topological polar surface area (TPSA) is 29.3 Å². The van der Waals surface area contributed by atoms with E-state index < -0.39 is 0 Å². The van der Waals surface area contributed by atoms with Crippen LogP contribution in [-0.2, 0) is 0 Å². The second-order valence-corrected chi connectivity index (χ2v) is 4.88. The Hall–Kier alpha value is -0.570. The lowest BCUT2D eigenvalue weighted by Crippen LogP contribution is -2.38. The first-order valence-electron chi connectivity index (χ1n) is 6.31. The molecule has 0 fully saturated rings. The molecule has 0 amide bonds. The van der Waals surface area contributed by atoms with E-state index in [9.17, 15) is 0 Å². The van der Waals surface area contributed by atoms with Gasteiger partial charge in [-0.2, -0.15) is 0 Å². The van der Waals surface area contributed by atoms with Crippen molar-refractivity contribution in [2.75, 3.05) is 13.6 Å². The smallest absolute Gasteiger partial charge is 0.0470 e. The summed E-state index contributed by atoms with van der Waals surface area (Å²) in [5.41, 5.74) is 7.12. The maximum atomic E-state index is 6.04. The zero-order valence-corrected chi connectivity index (χ0v) is 11.7. The predicted octanol–water partition coefficient (Wildman–Crippen LogP) is 3.46. The van der Waals surface area contributed by atoms with Gasteiger partial charge < -0.3 is 5.73 Å². The van der Waals surface area contributed by atoms with Gasteiger partial charge in [0.2, 0.25) is 0 Å². The first kappa shape index (κ1) is 14.5. The zero-order valence-electron chi connectivity index (χ0n) is 11.0. The van der Waals surface area contributed by atoms with Crippen LogP contribution in [0.3, 0.4) is 0 Å². The fraction of sp³-hybridized carbons (Fsp3) is 0.571. The summed E-state index contributed by atoms with van der Waals surface area (Å²) < 4.78 is 0. The molecule has 96 valence electrons. The summed E-state index contributed by atoms with van der Waals surface area (Å²) in [6.45, 7) is 5.06. The molecule has 0 saturated heterocycles. The largest absolute Gasteiger partial charge is 0.329 e. The first-order valence-corrected chi connectivity index (χ1v) is 6.69. The number of nitrogens with zero attached hydrogens (tertiary/aromatic N) is 1. The average molecular weight is 255 g/mol. The standard InChI is InChI=1S/C14H23ClN2/c1-4-13(5-2)17(3)14(10-16)11-7-6-8-12(15)9-11/h6-9,13-14H,4-5,10,16H2,1-3H3. The van der Waals surface area contributed by atoms with Crippen LogP contribution >= 0.6 is 11.6 Å². The molecule has 0 radical (unpaired) electrons. The van der Waals surface area contributed by atoms with Crippen molar-refractivity contribution >= 4 is 11.6 Å². The van der Waals surface area contributed by atoms with Crippen molar-refractivity contribution in [2.24, 2.45) is 5.73 Å². The molecule has 0 spiro atoms. The Morgan fingerprint density at radius 2 is 1.94 bits per heavy atom. The third kappa shape index (κ3) is 3.70. The van der Waals surface area contributed by atoms with Crippen LogP contribution in [0, 0.1) is 0 Å². The quantitative estimate of drug-likeness (QED) is 0.843. The highest BCUT2D eigenvalue weighted by Crippen LogP contribution is 2.24. The van der Waals surface area contributed by atoms with E-state index in [2.05, 4.69) is 31.9 Å². The van der Waals surface area contributed by atoms with Gasteiger partial charge in [-0.25, -0.2) is 0 Å². The Morgan fingerprint density at radius 3 is 2.41 bits per heavy atom. The minimum atomic E-state index is 0.249. The van der Waals surface area contributed by atoms with Crippen molar-refractivity contribution in [3.8, 4) is 0 Å². The molecule has 3 heteroatoms. The Labute approximate surface area is 110 Å². The highest BCUT2D eigenvalue weighted by molar-refractivity contribution is 6.30. The third-order valence-electron chi connectivity index (χ3n) is 3.47. The average Bonchev–Trinajstić information content (AvgIpc) is 2.31. The second-order valence-electron chi connectivity index (χ2n) is 4.44. The SMILES string of the molecule is CCC(CC)N(C)C(CN)c1cccc(Cl)c1. The molecule has 0 heterocycles. The van der Waals surface area contributed by atoms with E-state index in [-0.39, 0.29) is 6.04 Å². The summed E-state index contributed by atoms with van der Waals surface area (Å²) in [6.07, 6.45) is 2.29. The molecule has 2 N–H and O–H groups in total. The number of nitrogens with two attached hydrogens (primary N) is 1. The van der Waals surface area contributed by atoms with Crippen LogP contribution in [0.25, 0.3) is 0 Å². The van der Waals surface area contributed by atoms with Gasteiger partial charge in [-0.15, -0.1) is 0 Å². The Morgan fingerprint density at radius 1 is 1.29 bits per heavy atom. The van der Waals surface area contributed by atoms with Crippen LogP contribution in [0.5, 0.6) is 0 Å². The molecule has 0 bridgehead atoms. The van der Waals surface area contributed by atoms with E-state index in [4.69, 9.17) is 17.3 Å². The summed E-state index contributed by atoms with van der Waals surface area (Å²) in [5.74, 6) is 0. The number of hydrogen-bond acceptors (Lipinski definition) is 2. The Bertz CT molecular complexity index is 337. The highest BCUT2D eigenvalue weighted by atomic mass is 35.5. The van der Waals surface area contributed by atoms with Crippen LogP contribution in [0.2, 0.25) is 5.02 Å². The third-order valence-corrected chi connectivity index (χ3v) is 3.70. The van der Waals surface area contributed by atoms with Gasteiger partial charge in [0.25, 0.3) is 0 Å². The number of rotatable bonds is 6. The van der Waals surface area contributed by atoms with E-state index >= 15 is 0 Å². The summed E-state index contributed by atoms with van der Waals surface area (Å²) in [7, 11) is 2.15. The molecule has 17 heavy (non-hydrogen) atoms. The van der Waals surface area contributed by atoms with Gasteiger partial charge in [-0.05, 0) is 37.6 Å². The molecule has 0 aliphatic heterocycles. The normalized spacial score (nSPS) is 13.4. The maximum absolute atomic E-state index is 6.04. The molecule has 0 saturated carbocycles. The summed E-state index contributed by atoms with van der Waals surface area (Å²) in [5, 5.41) is 0.777. The van der Waals surface area contributed by atoms with Crippen molar-refractivity contribution in [2.45, 2.75) is 38.8 Å². The molecule has 1 atom stereocenters. The monoisotopic (exact) mass is 254 g/mol. The fourth-order valence-electron chi connectivity index (χ4n) is 2.37. The molecule has 2 nitrogen and oxygen atoms in total.